The zero-order chi connectivity index (χ0) is 13.0. The predicted molar refractivity (Wildman–Crippen MR) is 61.3 cm³/mol. The zero-order valence-electron chi connectivity index (χ0n) is 9.97. The Labute approximate surface area is 98.9 Å². The number of benzene rings is 1. The number of nitro groups is 1. The molecule has 0 saturated carbocycles. The van der Waals surface area contributed by atoms with E-state index in [-0.39, 0.29) is 23.1 Å². The minimum absolute atomic E-state index is 0.0373. The quantitative estimate of drug-likeness (QED) is 0.628. The lowest BCUT2D eigenvalue weighted by Gasteiger charge is -2.14. The van der Waals surface area contributed by atoms with E-state index in [0.29, 0.717) is 5.75 Å². The molecule has 0 aliphatic heterocycles. The summed E-state index contributed by atoms with van der Waals surface area (Å²) in [7, 11) is 1.33. The second-order valence-electron chi connectivity index (χ2n) is 3.69. The van der Waals surface area contributed by atoms with Crippen LogP contribution in [0, 0.1) is 10.1 Å². The maximum Gasteiger partial charge on any atom is 0.320 e. The van der Waals surface area contributed by atoms with Crippen molar-refractivity contribution < 1.29 is 19.5 Å². The van der Waals surface area contributed by atoms with Crippen LogP contribution in [0.5, 0.6) is 11.5 Å². The van der Waals surface area contributed by atoms with Crippen molar-refractivity contribution in [1.29, 1.82) is 0 Å². The fourth-order valence-electron chi connectivity index (χ4n) is 1.47. The van der Waals surface area contributed by atoms with Crippen LogP contribution in [0.3, 0.4) is 0 Å². The molecule has 1 aromatic carbocycles. The van der Waals surface area contributed by atoms with Crippen molar-refractivity contribution in [1.82, 2.24) is 0 Å². The van der Waals surface area contributed by atoms with Gasteiger partial charge in [0.05, 0.1) is 30.3 Å². The molecule has 0 radical (unpaired) electrons. The molecule has 0 bridgehead atoms. The number of hydrogen-bond donors (Lipinski definition) is 1. The smallest absolute Gasteiger partial charge is 0.320 e. The van der Waals surface area contributed by atoms with Crippen molar-refractivity contribution in [2.75, 3.05) is 7.11 Å². The summed E-state index contributed by atoms with van der Waals surface area (Å²) in [5, 5.41) is 20.0. The number of ether oxygens (including phenoxy) is 2. The van der Waals surface area contributed by atoms with Gasteiger partial charge in [0.15, 0.2) is 5.75 Å². The highest BCUT2D eigenvalue weighted by molar-refractivity contribution is 5.60. The van der Waals surface area contributed by atoms with Crippen molar-refractivity contribution >= 4 is 5.69 Å². The number of aliphatic hydroxyl groups is 1. The minimum atomic E-state index is -0.586. The van der Waals surface area contributed by atoms with E-state index in [2.05, 4.69) is 0 Å². The Morgan fingerprint density at radius 3 is 2.53 bits per heavy atom. The van der Waals surface area contributed by atoms with Crippen LogP contribution in [-0.2, 0) is 6.61 Å². The van der Waals surface area contributed by atoms with Gasteiger partial charge in [-0.3, -0.25) is 10.1 Å². The van der Waals surface area contributed by atoms with E-state index in [9.17, 15) is 10.1 Å². The Kier molecular flexibility index (Phi) is 4.28. The topological polar surface area (TPSA) is 81.8 Å². The third-order valence-corrected chi connectivity index (χ3v) is 2.10. The van der Waals surface area contributed by atoms with E-state index in [4.69, 9.17) is 14.6 Å². The first-order valence-corrected chi connectivity index (χ1v) is 5.13. The molecule has 0 heterocycles. The van der Waals surface area contributed by atoms with Crippen molar-refractivity contribution in [2.45, 2.75) is 26.6 Å². The van der Waals surface area contributed by atoms with Crippen LogP contribution >= 0.6 is 0 Å². The first-order chi connectivity index (χ1) is 8.01. The number of nitro benzene ring substituents is 1. The minimum Gasteiger partial charge on any atom is -0.488 e. The Bertz CT molecular complexity index is 417. The van der Waals surface area contributed by atoms with Gasteiger partial charge in [-0.2, -0.15) is 0 Å². The van der Waals surface area contributed by atoms with E-state index in [0.717, 1.165) is 0 Å². The van der Waals surface area contributed by atoms with Crippen LogP contribution in [0.4, 0.5) is 5.69 Å². The van der Waals surface area contributed by atoms with Gasteiger partial charge in [0.2, 0.25) is 5.75 Å². The van der Waals surface area contributed by atoms with Gasteiger partial charge < -0.3 is 14.6 Å². The van der Waals surface area contributed by atoms with Gasteiger partial charge in [0.25, 0.3) is 0 Å². The Hall–Kier alpha value is -1.82. The van der Waals surface area contributed by atoms with E-state index < -0.39 is 11.5 Å². The van der Waals surface area contributed by atoms with Gasteiger partial charge in [0.1, 0.15) is 0 Å². The Morgan fingerprint density at radius 1 is 1.47 bits per heavy atom. The molecule has 0 aliphatic rings. The number of aliphatic hydroxyl groups excluding tert-OH is 1. The van der Waals surface area contributed by atoms with E-state index >= 15 is 0 Å². The summed E-state index contributed by atoms with van der Waals surface area (Å²) in [6.07, 6.45) is -0.122. The van der Waals surface area contributed by atoms with E-state index in [1.54, 1.807) is 6.07 Å². The molecule has 6 heteroatoms. The number of rotatable bonds is 5. The molecule has 0 aromatic heterocycles. The molecule has 0 aliphatic carbocycles. The number of methoxy groups -OCH3 is 1. The highest BCUT2D eigenvalue weighted by Crippen LogP contribution is 2.39. The summed E-state index contributed by atoms with van der Waals surface area (Å²) in [6, 6.07) is 3.01. The summed E-state index contributed by atoms with van der Waals surface area (Å²) in [5.41, 5.74) is -0.0592. The standard InChI is InChI=1S/C11H15NO5/c1-7(2)17-9-5-4-8(6-13)10(12(14)15)11(9)16-3/h4-5,7,13H,6H2,1-3H3. The highest BCUT2D eigenvalue weighted by Gasteiger charge is 2.25. The summed E-state index contributed by atoms with van der Waals surface area (Å²) in [4.78, 5) is 10.4. The molecule has 0 unspecified atom stereocenters. The molecule has 6 nitrogen and oxygen atoms in total. The molecule has 0 atom stereocenters. The van der Waals surface area contributed by atoms with Gasteiger partial charge in [-0.25, -0.2) is 0 Å². The van der Waals surface area contributed by atoms with Crippen molar-refractivity contribution in [3.63, 3.8) is 0 Å². The molecular weight excluding hydrogens is 226 g/mol. The maximum absolute atomic E-state index is 11.0. The van der Waals surface area contributed by atoms with Crippen LogP contribution < -0.4 is 9.47 Å². The lowest BCUT2D eigenvalue weighted by molar-refractivity contribution is -0.386. The van der Waals surface area contributed by atoms with Crippen molar-refractivity contribution in [2.24, 2.45) is 0 Å². The molecule has 1 rings (SSSR count). The highest BCUT2D eigenvalue weighted by atomic mass is 16.6. The normalized spacial score (nSPS) is 10.4. The average molecular weight is 241 g/mol. The maximum atomic E-state index is 11.0. The zero-order valence-corrected chi connectivity index (χ0v) is 9.97. The molecule has 94 valence electrons. The third kappa shape index (κ3) is 2.85. The molecule has 0 saturated heterocycles. The molecule has 0 fully saturated rings. The summed E-state index contributed by atoms with van der Waals surface area (Å²) in [5.74, 6) is 0.335. The molecular formula is C11H15NO5. The summed E-state index contributed by atoms with van der Waals surface area (Å²) >= 11 is 0. The monoisotopic (exact) mass is 241 g/mol. The first kappa shape index (κ1) is 13.2. The van der Waals surface area contributed by atoms with Crippen molar-refractivity contribution in [3.8, 4) is 11.5 Å². The van der Waals surface area contributed by atoms with Crippen LogP contribution in [-0.4, -0.2) is 23.2 Å². The second-order valence-corrected chi connectivity index (χ2v) is 3.69. The SMILES string of the molecule is COc1c(OC(C)C)ccc(CO)c1[N+](=O)[O-]. The van der Waals surface area contributed by atoms with Gasteiger partial charge in [-0.15, -0.1) is 0 Å². The van der Waals surface area contributed by atoms with Crippen LogP contribution in [0.2, 0.25) is 0 Å². The van der Waals surface area contributed by atoms with Gasteiger partial charge in [-0.1, -0.05) is 0 Å². The molecule has 1 aromatic rings. The summed E-state index contributed by atoms with van der Waals surface area (Å²) in [6.45, 7) is 3.20. The Morgan fingerprint density at radius 2 is 2.12 bits per heavy atom. The summed E-state index contributed by atoms with van der Waals surface area (Å²) < 4.78 is 10.4. The second kappa shape index (κ2) is 5.49. The van der Waals surface area contributed by atoms with Crippen LogP contribution in [0.25, 0.3) is 0 Å². The van der Waals surface area contributed by atoms with Gasteiger partial charge >= 0.3 is 5.69 Å². The van der Waals surface area contributed by atoms with Gasteiger partial charge in [-0.05, 0) is 26.0 Å². The Balaban J connectivity index is 3.35. The van der Waals surface area contributed by atoms with Gasteiger partial charge in [0, 0.05) is 0 Å². The fourth-order valence-corrected chi connectivity index (χ4v) is 1.47. The van der Waals surface area contributed by atoms with E-state index in [1.165, 1.54) is 13.2 Å². The lowest BCUT2D eigenvalue weighted by atomic mass is 10.1. The predicted octanol–water partition coefficient (Wildman–Crippen LogP) is 1.88. The van der Waals surface area contributed by atoms with Crippen LogP contribution in [0.15, 0.2) is 12.1 Å². The lowest BCUT2D eigenvalue weighted by Crippen LogP contribution is -2.08. The number of hydrogen-bond acceptors (Lipinski definition) is 5. The average Bonchev–Trinajstić information content (AvgIpc) is 2.27. The number of nitrogens with zero attached hydrogens (tertiary/aromatic N) is 1. The van der Waals surface area contributed by atoms with Crippen molar-refractivity contribution in [3.05, 3.63) is 27.8 Å². The van der Waals surface area contributed by atoms with Crippen LogP contribution in [0.1, 0.15) is 19.4 Å². The third-order valence-electron chi connectivity index (χ3n) is 2.10. The molecule has 0 spiro atoms. The molecule has 1 N–H and O–H groups in total. The largest absolute Gasteiger partial charge is 0.488 e. The fraction of sp³-hybridized carbons (Fsp3) is 0.455. The first-order valence-electron chi connectivity index (χ1n) is 5.13. The molecule has 17 heavy (non-hydrogen) atoms. The van der Waals surface area contributed by atoms with E-state index in [1.807, 2.05) is 13.8 Å². The molecule has 0 amide bonds.